The van der Waals surface area contributed by atoms with Crippen molar-refractivity contribution in [1.29, 1.82) is 0 Å². The lowest BCUT2D eigenvalue weighted by Gasteiger charge is -2.19. The summed E-state index contributed by atoms with van der Waals surface area (Å²) in [4.78, 5) is 0. The maximum absolute atomic E-state index is 6.04. The van der Waals surface area contributed by atoms with Crippen LogP contribution in [0.15, 0.2) is 22.7 Å². The molecule has 1 aromatic rings. The summed E-state index contributed by atoms with van der Waals surface area (Å²) in [5.74, 6) is 1.38. The van der Waals surface area contributed by atoms with Gasteiger partial charge in [-0.2, -0.15) is 0 Å². The molecule has 0 saturated carbocycles. The van der Waals surface area contributed by atoms with E-state index in [-0.39, 0.29) is 6.04 Å². The number of benzene rings is 1. The number of ether oxygens (including phenoxy) is 1. The Balaban J connectivity index is 2.79. The second kappa shape index (κ2) is 6.26. The Morgan fingerprint density at radius 3 is 2.69 bits per heavy atom. The fourth-order valence-electron chi connectivity index (χ4n) is 1.74. The van der Waals surface area contributed by atoms with Crippen LogP contribution in [0, 0.1) is 5.92 Å². The minimum atomic E-state index is 0.262. The summed E-state index contributed by atoms with van der Waals surface area (Å²) in [6.07, 6.45) is 2.00. The first kappa shape index (κ1) is 13.5. The van der Waals surface area contributed by atoms with Gasteiger partial charge in [0.2, 0.25) is 0 Å². The Labute approximate surface area is 106 Å². The molecule has 3 heteroatoms. The van der Waals surface area contributed by atoms with Crippen LogP contribution < -0.4 is 10.5 Å². The highest BCUT2D eigenvalue weighted by atomic mass is 79.9. The van der Waals surface area contributed by atoms with Crippen LogP contribution in [0.4, 0.5) is 0 Å². The monoisotopic (exact) mass is 285 g/mol. The van der Waals surface area contributed by atoms with Crippen LogP contribution in [0.3, 0.4) is 0 Å². The Hall–Kier alpha value is -0.540. The first-order valence-electron chi connectivity index (χ1n) is 5.66. The molecule has 0 heterocycles. The summed E-state index contributed by atoms with van der Waals surface area (Å²) >= 11 is 3.56. The predicted octanol–water partition coefficient (Wildman–Crippen LogP) is 3.37. The Kier molecular flexibility index (Phi) is 5.29. The molecule has 2 unspecified atom stereocenters. The zero-order valence-electron chi connectivity index (χ0n) is 10.2. The number of hydrogen-bond donors (Lipinski definition) is 1. The van der Waals surface area contributed by atoms with Gasteiger partial charge in [0.05, 0.1) is 7.11 Å². The van der Waals surface area contributed by atoms with Crippen molar-refractivity contribution in [3.8, 4) is 5.75 Å². The van der Waals surface area contributed by atoms with Crippen molar-refractivity contribution in [2.24, 2.45) is 11.7 Å². The molecule has 0 aromatic heterocycles. The van der Waals surface area contributed by atoms with E-state index in [0.717, 1.165) is 23.1 Å². The van der Waals surface area contributed by atoms with E-state index in [0.29, 0.717) is 5.92 Å². The molecule has 0 spiro atoms. The van der Waals surface area contributed by atoms with Crippen LogP contribution in [0.2, 0.25) is 0 Å². The van der Waals surface area contributed by atoms with Crippen molar-refractivity contribution in [2.75, 3.05) is 7.11 Å². The van der Waals surface area contributed by atoms with Gasteiger partial charge >= 0.3 is 0 Å². The molecule has 0 bridgehead atoms. The van der Waals surface area contributed by atoms with Crippen molar-refractivity contribution in [1.82, 2.24) is 0 Å². The third-order valence-electron chi connectivity index (χ3n) is 3.00. The Morgan fingerprint density at radius 1 is 1.44 bits per heavy atom. The topological polar surface area (TPSA) is 35.2 Å². The second-order valence-corrected chi connectivity index (χ2v) is 5.07. The first-order chi connectivity index (χ1) is 7.58. The third-order valence-corrected chi connectivity index (χ3v) is 3.77. The van der Waals surface area contributed by atoms with Crippen molar-refractivity contribution in [3.63, 3.8) is 0 Å². The van der Waals surface area contributed by atoms with Gasteiger partial charge < -0.3 is 10.5 Å². The molecule has 1 aromatic carbocycles. The summed E-state index contributed by atoms with van der Waals surface area (Å²) in [6, 6.07) is 6.32. The lowest BCUT2D eigenvalue weighted by Crippen LogP contribution is -2.28. The van der Waals surface area contributed by atoms with Gasteiger partial charge in [-0.25, -0.2) is 0 Å². The SMILES string of the molecule is CCC(N)C(C)Cc1cc(OC)ccc1Br. The highest BCUT2D eigenvalue weighted by Gasteiger charge is 2.13. The van der Waals surface area contributed by atoms with E-state index < -0.39 is 0 Å². The van der Waals surface area contributed by atoms with Gasteiger partial charge in [-0.15, -0.1) is 0 Å². The van der Waals surface area contributed by atoms with Crippen LogP contribution in [-0.2, 0) is 6.42 Å². The number of methoxy groups -OCH3 is 1. The van der Waals surface area contributed by atoms with Gasteiger partial charge in [-0.3, -0.25) is 0 Å². The molecule has 2 nitrogen and oxygen atoms in total. The van der Waals surface area contributed by atoms with E-state index in [4.69, 9.17) is 10.5 Å². The standard InChI is InChI=1S/C13H20BrNO/c1-4-13(15)9(2)7-10-8-11(16-3)5-6-12(10)14/h5-6,8-9,13H,4,7,15H2,1-3H3. The van der Waals surface area contributed by atoms with Crippen molar-refractivity contribution in [3.05, 3.63) is 28.2 Å². The molecule has 0 aliphatic heterocycles. The molecular formula is C13H20BrNO. The third kappa shape index (κ3) is 3.49. The minimum Gasteiger partial charge on any atom is -0.497 e. The second-order valence-electron chi connectivity index (χ2n) is 4.21. The molecule has 1 rings (SSSR count). The van der Waals surface area contributed by atoms with Gasteiger partial charge in [0, 0.05) is 10.5 Å². The highest BCUT2D eigenvalue weighted by molar-refractivity contribution is 9.10. The molecule has 2 atom stereocenters. The molecular weight excluding hydrogens is 266 g/mol. The predicted molar refractivity (Wildman–Crippen MR) is 71.8 cm³/mol. The zero-order valence-corrected chi connectivity index (χ0v) is 11.8. The summed E-state index contributed by atoms with van der Waals surface area (Å²) < 4.78 is 6.35. The van der Waals surface area contributed by atoms with Crippen molar-refractivity contribution in [2.45, 2.75) is 32.7 Å². The molecule has 0 amide bonds. The van der Waals surface area contributed by atoms with E-state index in [2.05, 4.69) is 35.8 Å². The van der Waals surface area contributed by atoms with E-state index >= 15 is 0 Å². The van der Waals surface area contributed by atoms with E-state index in [1.54, 1.807) is 7.11 Å². The molecule has 16 heavy (non-hydrogen) atoms. The number of halogens is 1. The number of nitrogens with two attached hydrogens (primary N) is 1. The number of rotatable bonds is 5. The maximum atomic E-state index is 6.04. The molecule has 0 saturated heterocycles. The largest absolute Gasteiger partial charge is 0.497 e. The average Bonchev–Trinajstić information content (AvgIpc) is 2.30. The van der Waals surface area contributed by atoms with Gasteiger partial charge in [0.1, 0.15) is 5.75 Å². The van der Waals surface area contributed by atoms with Crippen LogP contribution >= 0.6 is 15.9 Å². The van der Waals surface area contributed by atoms with Crippen LogP contribution in [0.1, 0.15) is 25.8 Å². The lowest BCUT2D eigenvalue weighted by atomic mass is 9.93. The smallest absolute Gasteiger partial charge is 0.119 e. The van der Waals surface area contributed by atoms with Gasteiger partial charge in [-0.1, -0.05) is 29.8 Å². The van der Waals surface area contributed by atoms with Crippen LogP contribution in [-0.4, -0.2) is 13.2 Å². The van der Waals surface area contributed by atoms with E-state index in [1.165, 1.54) is 5.56 Å². The quantitative estimate of drug-likeness (QED) is 0.900. The van der Waals surface area contributed by atoms with Crippen molar-refractivity contribution < 1.29 is 4.74 Å². The highest BCUT2D eigenvalue weighted by Crippen LogP contribution is 2.25. The van der Waals surface area contributed by atoms with Gasteiger partial charge in [-0.05, 0) is 42.5 Å². The lowest BCUT2D eigenvalue weighted by molar-refractivity contribution is 0.411. The summed E-state index contributed by atoms with van der Waals surface area (Å²) in [5.41, 5.74) is 7.30. The van der Waals surface area contributed by atoms with E-state index in [1.807, 2.05) is 12.1 Å². The summed E-state index contributed by atoms with van der Waals surface area (Å²) in [7, 11) is 1.69. The molecule has 2 N–H and O–H groups in total. The first-order valence-corrected chi connectivity index (χ1v) is 6.45. The normalized spacial score (nSPS) is 14.6. The van der Waals surface area contributed by atoms with Gasteiger partial charge in [0.15, 0.2) is 0 Å². The van der Waals surface area contributed by atoms with E-state index in [9.17, 15) is 0 Å². The Bertz CT molecular complexity index is 341. The minimum absolute atomic E-state index is 0.262. The fraction of sp³-hybridized carbons (Fsp3) is 0.538. The molecule has 0 aliphatic carbocycles. The fourth-order valence-corrected chi connectivity index (χ4v) is 2.14. The molecule has 0 fully saturated rings. The van der Waals surface area contributed by atoms with Crippen molar-refractivity contribution >= 4 is 15.9 Å². The summed E-state index contributed by atoms with van der Waals surface area (Å²) in [5, 5.41) is 0. The summed E-state index contributed by atoms with van der Waals surface area (Å²) in [6.45, 7) is 4.32. The Morgan fingerprint density at radius 2 is 2.12 bits per heavy atom. The molecule has 0 radical (unpaired) electrons. The molecule has 0 aliphatic rings. The number of hydrogen-bond acceptors (Lipinski definition) is 2. The average molecular weight is 286 g/mol. The zero-order chi connectivity index (χ0) is 12.1. The van der Waals surface area contributed by atoms with Crippen LogP contribution in [0.25, 0.3) is 0 Å². The van der Waals surface area contributed by atoms with Gasteiger partial charge in [0.25, 0.3) is 0 Å². The van der Waals surface area contributed by atoms with Crippen LogP contribution in [0.5, 0.6) is 5.75 Å². The molecule has 90 valence electrons. The maximum Gasteiger partial charge on any atom is 0.119 e.